The number of ether oxygens (including phenoxy) is 1. The maximum atomic E-state index is 12.5. The Hall–Kier alpha value is -3.18. The summed E-state index contributed by atoms with van der Waals surface area (Å²) in [6.07, 6.45) is 0. The average molecular weight is 447 g/mol. The smallest absolute Gasteiger partial charge is 0.257 e. The predicted octanol–water partition coefficient (Wildman–Crippen LogP) is 6.96. The lowest BCUT2D eigenvalue weighted by Crippen LogP contribution is -2.34. The minimum absolute atomic E-state index is 0.227. The molecule has 0 saturated carbocycles. The molecule has 0 bridgehead atoms. The fourth-order valence-corrected chi connectivity index (χ4v) is 3.77. The Morgan fingerprint density at radius 1 is 0.906 bits per heavy atom. The van der Waals surface area contributed by atoms with Crippen molar-refractivity contribution in [3.8, 4) is 11.5 Å². The Kier molecular flexibility index (Phi) is 7.31. The summed E-state index contributed by atoms with van der Waals surface area (Å²) in [6.45, 7) is 12.4. The highest BCUT2D eigenvalue weighted by Crippen LogP contribution is 2.35. The zero-order chi connectivity index (χ0) is 23.4. The molecule has 0 fully saturated rings. The number of hydrogen-bond donors (Lipinski definition) is 2. The van der Waals surface area contributed by atoms with E-state index in [-0.39, 0.29) is 16.9 Å². The molecule has 1 amide bonds. The van der Waals surface area contributed by atoms with Crippen LogP contribution in [0.25, 0.3) is 0 Å². The van der Waals surface area contributed by atoms with Crippen molar-refractivity contribution in [3.05, 3.63) is 88.0 Å². The molecule has 0 saturated heterocycles. The molecule has 32 heavy (non-hydrogen) atoms. The molecular formula is C27H30N2O2S. The Balaban J connectivity index is 1.78. The standard InChI is InChI=1S/C27H30N2O2S/c1-16(2)23-15-21(28-27(32)29-26(30)22-10-8-7-9-18(22)4)11-12-24(23)31-25-14-17(3)13-19(5)20(25)6/h7-16H,1-6H3,(H2,28,29,30,32). The summed E-state index contributed by atoms with van der Waals surface area (Å²) < 4.78 is 6.33. The Morgan fingerprint density at radius 3 is 2.31 bits per heavy atom. The SMILES string of the molecule is Cc1cc(C)c(C)c(Oc2ccc(NC(=S)NC(=O)c3ccccc3C)cc2C(C)C)c1. The normalized spacial score (nSPS) is 10.7. The molecule has 166 valence electrons. The lowest BCUT2D eigenvalue weighted by Gasteiger charge is -2.18. The summed E-state index contributed by atoms with van der Waals surface area (Å²) in [7, 11) is 0. The maximum Gasteiger partial charge on any atom is 0.257 e. The monoisotopic (exact) mass is 446 g/mol. The van der Waals surface area contributed by atoms with Gasteiger partial charge in [-0.15, -0.1) is 0 Å². The van der Waals surface area contributed by atoms with Crippen molar-refractivity contribution in [1.82, 2.24) is 5.32 Å². The second kappa shape index (κ2) is 9.96. The van der Waals surface area contributed by atoms with Crippen LogP contribution in [0.1, 0.15) is 57.9 Å². The Bertz CT molecular complexity index is 1170. The summed E-state index contributed by atoms with van der Waals surface area (Å²) in [5.74, 6) is 1.70. The number of amides is 1. The number of thiocarbonyl (C=S) groups is 1. The number of nitrogens with one attached hydrogen (secondary N) is 2. The van der Waals surface area contributed by atoms with Gasteiger partial charge in [-0.1, -0.05) is 38.1 Å². The van der Waals surface area contributed by atoms with Crippen molar-refractivity contribution in [2.75, 3.05) is 5.32 Å². The lowest BCUT2D eigenvalue weighted by atomic mass is 10.0. The molecule has 4 nitrogen and oxygen atoms in total. The van der Waals surface area contributed by atoms with Crippen LogP contribution in [0.5, 0.6) is 11.5 Å². The number of carbonyl (C=O) groups excluding carboxylic acids is 1. The van der Waals surface area contributed by atoms with Crippen LogP contribution in [-0.2, 0) is 0 Å². The van der Waals surface area contributed by atoms with Crippen molar-refractivity contribution >= 4 is 28.9 Å². The Morgan fingerprint density at radius 2 is 1.62 bits per heavy atom. The molecular weight excluding hydrogens is 416 g/mol. The van der Waals surface area contributed by atoms with Gasteiger partial charge in [-0.2, -0.15) is 0 Å². The van der Waals surface area contributed by atoms with Crippen molar-refractivity contribution < 1.29 is 9.53 Å². The van der Waals surface area contributed by atoms with E-state index in [1.54, 1.807) is 6.07 Å². The van der Waals surface area contributed by atoms with E-state index in [2.05, 4.69) is 57.4 Å². The van der Waals surface area contributed by atoms with Crippen molar-refractivity contribution in [3.63, 3.8) is 0 Å². The van der Waals surface area contributed by atoms with Gasteiger partial charge in [-0.05, 0) is 104 Å². The van der Waals surface area contributed by atoms with E-state index in [0.29, 0.717) is 5.56 Å². The molecule has 3 rings (SSSR count). The fraction of sp³-hybridized carbons (Fsp3) is 0.259. The quantitative estimate of drug-likeness (QED) is 0.416. The number of carbonyl (C=O) groups is 1. The number of benzene rings is 3. The van der Waals surface area contributed by atoms with E-state index in [0.717, 1.165) is 33.9 Å². The van der Waals surface area contributed by atoms with Crippen LogP contribution in [0.15, 0.2) is 54.6 Å². The zero-order valence-electron chi connectivity index (χ0n) is 19.5. The molecule has 0 unspecified atom stereocenters. The average Bonchev–Trinajstić information content (AvgIpc) is 2.72. The number of aryl methyl sites for hydroxylation is 3. The molecule has 0 atom stereocenters. The van der Waals surface area contributed by atoms with Crippen LogP contribution in [0, 0.1) is 27.7 Å². The first-order chi connectivity index (χ1) is 15.2. The van der Waals surface area contributed by atoms with Crippen LogP contribution in [-0.4, -0.2) is 11.0 Å². The Labute approximate surface area is 196 Å². The van der Waals surface area contributed by atoms with Gasteiger partial charge in [-0.3, -0.25) is 10.1 Å². The van der Waals surface area contributed by atoms with Gasteiger partial charge in [-0.25, -0.2) is 0 Å². The maximum absolute atomic E-state index is 12.5. The molecule has 0 aliphatic carbocycles. The van der Waals surface area contributed by atoms with Crippen LogP contribution < -0.4 is 15.4 Å². The number of anilines is 1. The molecule has 0 aromatic heterocycles. The first kappa shape index (κ1) is 23.5. The minimum Gasteiger partial charge on any atom is -0.457 e. The lowest BCUT2D eigenvalue weighted by molar-refractivity contribution is 0.0977. The van der Waals surface area contributed by atoms with E-state index in [1.807, 2.05) is 43.3 Å². The van der Waals surface area contributed by atoms with E-state index in [1.165, 1.54) is 11.1 Å². The molecule has 0 aliphatic rings. The van der Waals surface area contributed by atoms with Crippen LogP contribution in [0.3, 0.4) is 0 Å². The molecule has 5 heteroatoms. The van der Waals surface area contributed by atoms with E-state index < -0.39 is 0 Å². The van der Waals surface area contributed by atoms with E-state index >= 15 is 0 Å². The predicted molar refractivity (Wildman–Crippen MR) is 136 cm³/mol. The largest absolute Gasteiger partial charge is 0.457 e. The second-order valence-corrected chi connectivity index (χ2v) is 8.85. The van der Waals surface area contributed by atoms with Gasteiger partial charge in [0.25, 0.3) is 5.91 Å². The van der Waals surface area contributed by atoms with Crippen LogP contribution >= 0.6 is 12.2 Å². The molecule has 2 N–H and O–H groups in total. The molecule has 0 spiro atoms. The van der Waals surface area contributed by atoms with Crippen molar-refractivity contribution in [2.45, 2.75) is 47.5 Å². The van der Waals surface area contributed by atoms with Gasteiger partial charge in [0.1, 0.15) is 11.5 Å². The van der Waals surface area contributed by atoms with Crippen molar-refractivity contribution in [2.24, 2.45) is 0 Å². The first-order valence-electron chi connectivity index (χ1n) is 10.7. The number of hydrogen-bond acceptors (Lipinski definition) is 3. The van der Waals surface area contributed by atoms with Crippen molar-refractivity contribution in [1.29, 1.82) is 0 Å². The van der Waals surface area contributed by atoms with Gasteiger partial charge in [0.05, 0.1) is 0 Å². The summed E-state index contributed by atoms with van der Waals surface area (Å²) >= 11 is 5.37. The van der Waals surface area contributed by atoms with E-state index in [4.69, 9.17) is 17.0 Å². The van der Waals surface area contributed by atoms with Gasteiger partial charge in [0, 0.05) is 11.3 Å². The molecule has 3 aromatic rings. The highest BCUT2D eigenvalue weighted by molar-refractivity contribution is 7.80. The van der Waals surface area contributed by atoms with Gasteiger partial charge in [0.2, 0.25) is 0 Å². The minimum atomic E-state index is -0.227. The topological polar surface area (TPSA) is 50.4 Å². The van der Waals surface area contributed by atoms with E-state index in [9.17, 15) is 4.79 Å². The fourth-order valence-electron chi connectivity index (χ4n) is 3.56. The van der Waals surface area contributed by atoms with Gasteiger partial charge in [0.15, 0.2) is 5.11 Å². The van der Waals surface area contributed by atoms with Gasteiger partial charge < -0.3 is 10.1 Å². The molecule has 0 heterocycles. The summed E-state index contributed by atoms with van der Waals surface area (Å²) in [4.78, 5) is 12.5. The third-order valence-corrected chi connectivity index (χ3v) is 5.69. The number of rotatable bonds is 5. The summed E-state index contributed by atoms with van der Waals surface area (Å²) in [5.41, 5.74) is 6.87. The van der Waals surface area contributed by atoms with Gasteiger partial charge >= 0.3 is 0 Å². The third-order valence-electron chi connectivity index (χ3n) is 5.49. The molecule has 0 aliphatic heterocycles. The second-order valence-electron chi connectivity index (χ2n) is 8.44. The summed E-state index contributed by atoms with van der Waals surface area (Å²) in [5, 5.41) is 6.14. The summed E-state index contributed by atoms with van der Waals surface area (Å²) in [6, 6.07) is 17.5. The zero-order valence-corrected chi connectivity index (χ0v) is 20.3. The highest BCUT2D eigenvalue weighted by Gasteiger charge is 2.14. The molecule has 0 radical (unpaired) electrons. The highest BCUT2D eigenvalue weighted by atomic mass is 32.1. The van der Waals surface area contributed by atoms with Crippen LogP contribution in [0.2, 0.25) is 0 Å². The van der Waals surface area contributed by atoms with Crippen LogP contribution in [0.4, 0.5) is 5.69 Å². The molecule has 3 aromatic carbocycles. The first-order valence-corrected chi connectivity index (χ1v) is 11.1. The third kappa shape index (κ3) is 5.54.